The van der Waals surface area contributed by atoms with Gasteiger partial charge in [-0.2, -0.15) is 0 Å². The van der Waals surface area contributed by atoms with Gasteiger partial charge in [0.2, 0.25) is 5.91 Å². The van der Waals surface area contributed by atoms with Crippen molar-refractivity contribution in [3.05, 3.63) is 34.5 Å². The van der Waals surface area contributed by atoms with Gasteiger partial charge in [0.05, 0.1) is 19.1 Å². The number of methoxy groups -OCH3 is 1. The lowest BCUT2D eigenvalue weighted by Crippen LogP contribution is -2.62. The molecule has 0 radical (unpaired) electrons. The SMILES string of the molecule is COC[C@@H]1[C@H](NC(=O)Cc2c(C)[nH]c3c(C)ccc(C)c23)[C@@H]2CCO[C@H]12. The third-order valence-electron chi connectivity index (χ3n) is 6.24. The van der Waals surface area contributed by atoms with Crippen molar-refractivity contribution in [3.63, 3.8) is 0 Å². The van der Waals surface area contributed by atoms with Crippen molar-refractivity contribution < 1.29 is 14.3 Å². The molecular weight excluding hydrogens is 328 g/mol. The van der Waals surface area contributed by atoms with Crippen molar-refractivity contribution in [3.8, 4) is 0 Å². The fourth-order valence-corrected chi connectivity index (χ4v) is 4.86. The first-order valence-corrected chi connectivity index (χ1v) is 9.48. The van der Waals surface area contributed by atoms with Crippen LogP contribution in [-0.2, 0) is 20.7 Å². The number of rotatable bonds is 5. The molecule has 1 aromatic carbocycles. The van der Waals surface area contributed by atoms with Gasteiger partial charge < -0.3 is 19.8 Å². The summed E-state index contributed by atoms with van der Waals surface area (Å²) in [5.74, 6) is 0.794. The van der Waals surface area contributed by atoms with Crippen molar-refractivity contribution in [2.45, 2.75) is 45.8 Å². The molecule has 0 unspecified atom stereocenters. The van der Waals surface area contributed by atoms with E-state index in [1.54, 1.807) is 7.11 Å². The highest BCUT2D eigenvalue weighted by molar-refractivity contribution is 5.94. The molecule has 5 nitrogen and oxygen atoms in total. The first kappa shape index (κ1) is 17.6. The second kappa shape index (κ2) is 6.71. The number of benzene rings is 1. The Morgan fingerprint density at radius 1 is 1.31 bits per heavy atom. The normalized spacial score (nSPS) is 27.4. The van der Waals surface area contributed by atoms with Crippen LogP contribution < -0.4 is 5.32 Å². The van der Waals surface area contributed by atoms with Crippen LogP contribution in [-0.4, -0.2) is 43.4 Å². The largest absolute Gasteiger partial charge is 0.384 e. The highest BCUT2D eigenvalue weighted by Crippen LogP contribution is 2.43. The number of hydrogen-bond acceptors (Lipinski definition) is 3. The first-order valence-electron chi connectivity index (χ1n) is 9.48. The van der Waals surface area contributed by atoms with Gasteiger partial charge in [0.25, 0.3) is 0 Å². The molecule has 0 bridgehead atoms. The predicted molar refractivity (Wildman–Crippen MR) is 101 cm³/mol. The Labute approximate surface area is 154 Å². The number of ether oxygens (including phenoxy) is 2. The zero-order chi connectivity index (χ0) is 18.4. The van der Waals surface area contributed by atoms with E-state index in [9.17, 15) is 4.79 Å². The summed E-state index contributed by atoms with van der Waals surface area (Å²) >= 11 is 0. The molecule has 1 aliphatic heterocycles. The lowest BCUT2D eigenvalue weighted by Gasteiger charge is -2.47. The van der Waals surface area contributed by atoms with E-state index in [0.717, 1.165) is 29.8 Å². The summed E-state index contributed by atoms with van der Waals surface area (Å²) < 4.78 is 11.1. The minimum absolute atomic E-state index is 0.0892. The number of nitrogens with one attached hydrogen (secondary N) is 2. The zero-order valence-electron chi connectivity index (χ0n) is 16.0. The Balaban J connectivity index is 1.53. The van der Waals surface area contributed by atoms with Crippen LogP contribution in [0.2, 0.25) is 0 Å². The second-order valence-electron chi connectivity index (χ2n) is 7.86. The summed E-state index contributed by atoms with van der Waals surface area (Å²) in [6.45, 7) is 7.70. The van der Waals surface area contributed by atoms with Gasteiger partial charge in [-0.3, -0.25) is 4.79 Å². The quantitative estimate of drug-likeness (QED) is 0.866. The maximum atomic E-state index is 12.8. The third kappa shape index (κ3) is 2.74. The number of H-pyrrole nitrogens is 1. The van der Waals surface area contributed by atoms with Crippen LogP contribution in [0, 0.1) is 32.6 Å². The Hall–Kier alpha value is -1.85. The van der Waals surface area contributed by atoms with Crippen molar-refractivity contribution in [1.82, 2.24) is 10.3 Å². The smallest absolute Gasteiger partial charge is 0.224 e. The topological polar surface area (TPSA) is 63.3 Å². The molecular formula is C21H28N2O3. The fraction of sp³-hybridized carbons (Fsp3) is 0.571. The van der Waals surface area contributed by atoms with Gasteiger partial charge in [0, 0.05) is 48.2 Å². The van der Waals surface area contributed by atoms with Gasteiger partial charge in [0.1, 0.15) is 0 Å². The fourth-order valence-electron chi connectivity index (χ4n) is 4.86. The Morgan fingerprint density at radius 3 is 2.85 bits per heavy atom. The van der Waals surface area contributed by atoms with E-state index in [-0.39, 0.29) is 24.0 Å². The summed E-state index contributed by atoms with van der Waals surface area (Å²) in [6, 6.07) is 4.43. The molecule has 26 heavy (non-hydrogen) atoms. The highest BCUT2D eigenvalue weighted by Gasteiger charge is 2.54. The minimum atomic E-state index is 0.0892. The molecule has 140 valence electrons. The molecule has 0 spiro atoms. The Bertz CT molecular complexity index is 841. The van der Waals surface area contributed by atoms with E-state index >= 15 is 0 Å². The summed E-state index contributed by atoms with van der Waals surface area (Å²) in [7, 11) is 1.71. The van der Waals surface area contributed by atoms with Crippen molar-refractivity contribution in [1.29, 1.82) is 0 Å². The maximum Gasteiger partial charge on any atom is 0.224 e. The predicted octanol–water partition coefficient (Wildman–Crippen LogP) is 2.80. The number of aromatic nitrogens is 1. The van der Waals surface area contributed by atoms with Crippen LogP contribution in [0.3, 0.4) is 0 Å². The molecule has 4 rings (SSSR count). The standard InChI is InChI=1S/C21H28N2O3/c1-11-5-6-12(2)19-18(11)15(13(3)22-19)9-17(24)23-20-14-7-8-26-21(14)16(20)10-25-4/h5-6,14,16,20-22H,7-10H2,1-4H3,(H,23,24)/t14-,16+,20+,21-/m0/s1. The number of amides is 1. The summed E-state index contributed by atoms with van der Waals surface area (Å²) in [6.07, 6.45) is 1.69. The molecule has 2 heterocycles. The lowest BCUT2D eigenvalue weighted by atomic mass is 9.67. The Kier molecular flexibility index (Phi) is 4.53. The van der Waals surface area contributed by atoms with E-state index in [0.29, 0.717) is 18.9 Å². The van der Waals surface area contributed by atoms with E-state index < -0.39 is 0 Å². The van der Waals surface area contributed by atoms with Crippen LogP contribution in [0.15, 0.2) is 12.1 Å². The summed E-state index contributed by atoms with van der Waals surface area (Å²) in [5.41, 5.74) is 5.76. The van der Waals surface area contributed by atoms with Crippen LogP contribution in [0.25, 0.3) is 10.9 Å². The molecule has 2 aromatic rings. The second-order valence-corrected chi connectivity index (χ2v) is 7.86. The monoisotopic (exact) mass is 356 g/mol. The molecule has 5 heteroatoms. The molecule has 2 N–H and O–H groups in total. The number of hydrogen-bond donors (Lipinski definition) is 2. The van der Waals surface area contributed by atoms with E-state index in [1.807, 2.05) is 0 Å². The van der Waals surface area contributed by atoms with Crippen LogP contribution in [0.4, 0.5) is 0 Å². The molecule has 1 saturated carbocycles. The summed E-state index contributed by atoms with van der Waals surface area (Å²) in [4.78, 5) is 16.3. The van der Waals surface area contributed by atoms with Crippen molar-refractivity contribution >= 4 is 16.8 Å². The van der Waals surface area contributed by atoms with E-state index in [1.165, 1.54) is 16.5 Å². The maximum absolute atomic E-state index is 12.8. The lowest BCUT2D eigenvalue weighted by molar-refractivity contribution is -0.129. The van der Waals surface area contributed by atoms with Gasteiger partial charge in [0.15, 0.2) is 0 Å². The van der Waals surface area contributed by atoms with Gasteiger partial charge in [-0.1, -0.05) is 12.1 Å². The molecule has 2 fully saturated rings. The van der Waals surface area contributed by atoms with E-state index in [4.69, 9.17) is 9.47 Å². The van der Waals surface area contributed by atoms with Gasteiger partial charge in [-0.15, -0.1) is 0 Å². The van der Waals surface area contributed by atoms with E-state index in [2.05, 4.69) is 43.2 Å². The van der Waals surface area contributed by atoms with Gasteiger partial charge in [-0.05, 0) is 43.9 Å². The molecule has 2 aliphatic rings. The average Bonchev–Trinajstić information content (AvgIpc) is 3.17. The molecule has 1 amide bonds. The number of aryl methyl sites for hydroxylation is 3. The third-order valence-corrected chi connectivity index (χ3v) is 6.24. The molecule has 1 saturated heterocycles. The minimum Gasteiger partial charge on any atom is -0.384 e. The summed E-state index contributed by atoms with van der Waals surface area (Å²) in [5, 5.41) is 4.47. The molecule has 1 aromatic heterocycles. The molecule has 1 aliphatic carbocycles. The van der Waals surface area contributed by atoms with Gasteiger partial charge >= 0.3 is 0 Å². The van der Waals surface area contributed by atoms with Gasteiger partial charge in [-0.25, -0.2) is 0 Å². The number of carbonyl (C=O) groups is 1. The number of aromatic amines is 1. The zero-order valence-corrected chi connectivity index (χ0v) is 16.0. The average molecular weight is 356 g/mol. The highest BCUT2D eigenvalue weighted by atomic mass is 16.5. The first-order chi connectivity index (χ1) is 12.5. The van der Waals surface area contributed by atoms with Crippen molar-refractivity contribution in [2.75, 3.05) is 20.3 Å². The van der Waals surface area contributed by atoms with Crippen molar-refractivity contribution in [2.24, 2.45) is 11.8 Å². The molecule has 4 atom stereocenters. The van der Waals surface area contributed by atoms with Crippen LogP contribution in [0.1, 0.15) is 28.8 Å². The number of fused-ring (bicyclic) bond motifs is 2. The van der Waals surface area contributed by atoms with Crippen LogP contribution in [0.5, 0.6) is 0 Å². The van der Waals surface area contributed by atoms with Crippen LogP contribution >= 0.6 is 0 Å². The number of carbonyl (C=O) groups excluding carboxylic acids is 1. The Morgan fingerprint density at radius 2 is 2.08 bits per heavy atom.